The topological polar surface area (TPSA) is 30.5 Å². The van der Waals surface area contributed by atoms with Crippen LogP contribution in [0.25, 0.3) is 0 Å². The first-order valence-corrected chi connectivity index (χ1v) is 10.7. The summed E-state index contributed by atoms with van der Waals surface area (Å²) in [4.78, 5) is 0. The fraction of sp³-hybridized carbons (Fsp3) is 0.217. The number of hydrogen-bond donors (Lipinski definition) is 1. The van der Waals surface area contributed by atoms with Crippen molar-refractivity contribution in [2.45, 2.75) is 26.1 Å². The summed E-state index contributed by atoms with van der Waals surface area (Å²) in [6.07, 6.45) is 0. The molecule has 0 bridgehead atoms. The van der Waals surface area contributed by atoms with Crippen LogP contribution in [0.1, 0.15) is 29.7 Å². The Labute approximate surface area is 190 Å². The number of benzene rings is 3. The van der Waals surface area contributed by atoms with Crippen LogP contribution in [0.2, 0.25) is 10.0 Å². The van der Waals surface area contributed by atoms with Crippen LogP contribution in [-0.4, -0.2) is 7.11 Å². The summed E-state index contributed by atoms with van der Waals surface area (Å²) in [6.45, 7) is 3.21. The lowest BCUT2D eigenvalue weighted by Crippen LogP contribution is -2.18. The molecule has 1 atom stereocenters. The van der Waals surface area contributed by atoms with Gasteiger partial charge in [0.1, 0.15) is 6.61 Å². The zero-order valence-electron chi connectivity index (χ0n) is 16.2. The Bertz CT molecular complexity index is 967. The van der Waals surface area contributed by atoms with Crippen LogP contribution in [0.3, 0.4) is 0 Å². The summed E-state index contributed by atoms with van der Waals surface area (Å²) in [6, 6.07) is 20.0. The molecule has 6 heteroatoms. The van der Waals surface area contributed by atoms with Crippen molar-refractivity contribution >= 4 is 39.1 Å². The quantitative estimate of drug-likeness (QED) is 0.359. The molecule has 3 aromatic rings. The van der Waals surface area contributed by atoms with Gasteiger partial charge in [0.05, 0.1) is 17.2 Å². The lowest BCUT2D eigenvalue weighted by Gasteiger charge is -2.17. The van der Waals surface area contributed by atoms with E-state index < -0.39 is 0 Å². The maximum atomic E-state index is 6.08. The third-order valence-corrected chi connectivity index (χ3v) is 6.09. The fourth-order valence-electron chi connectivity index (χ4n) is 2.90. The molecule has 0 saturated carbocycles. The smallest absolute Gasteiger partial charge is 0.162 e. The molecule has 0 amide bonds. The second kappa shape index (κ2) is 10.4. The molecule has 0 aliphatic rings. The average Bonchev–Trinajstić information content (AvgIpc) is 2.74. The Morgan fingerprint density at radius 1 is 0.966 bits per heavy atom. The highest BCUT2D eigenvalue weighted by Gasteiger charge is 2.12. The Morgan fingerprint density at radius 3 is 2.41 bits per heavy atom. The van der Waals surface area contributed by atoms with Crippen molar-refractivity contribution < 1.29 is 9.47 Å². The maximum absolute atomic E-state index is 6.08. The molecule has 3 rings (SSSR count). The van der Waals surface area contributed by atoms with E-state index in [0.717, 1.165) is 15.6 Å². The molecule has 0 aliphatic carbocycles. The molecule has 1 unspecified atom stereocenters. The van der Waals surface area contributed by atoms with Gasteiger partial charge in [0.2, 0.25) is 0 Å². The highest BCUT2D eigenvalue weighted by Crippen LogP contribution is 2.34. The van der Waals surface area contributed by atoms with Gasteiger partial charge >= 0.3 is 0 Å². The van der Waals surface area contributed by atoms with E-state index in [4.69, 9.17) is 32.7 Å². The second-order valence-corrected chi connectivity index (χ2v) is 8.31. The van der Waals surface area contributed by atoms with Gasteiger partial charge in [0.15, 0.2) is 11.5 Å². The van der Waals surface area contributed by atoms with Gasteiger partial charge in [-0.1, -0.05) is 75.5 Å². The molecule has 0 aliphatic heterocycles. The van der Waals surface area contributed by atoms with Crippen LogP contribution in [0, 0.1) is 0 Å². The van der Waals surface area contributed by atoms with Crippen molar-refractivity contribution in [3.8, 4) is 11.5 Å². The molecular formula is C23H22BrCl2NO2. The van der Waals surface area contributed by atoms with Crippen LogP contribution in [-0.2, 0) is 13.2 Å². The van der Waals surface area contributed by atoms with Gasteiger partial charge in [-0.15, -0.1) is 0 Å². The van der Waals surface area contributed by atoms with E-state index in [9.17, 15) is 0 Å². The molecule has 3 nitrogen and oxygen atoms in total. The van der Waals surface area contributed by atoms with E-state index in [2.05, 4.69) is 40.3 Å². The van der Waals surface area contributed by atoms with Crippen molar-refractivity contribution in [1.82, 2.24) is 5.32 Å². The lowest BCUT2D eigenvalue weighted by molar-refractivity contribution is 0.284. The summed E-state index contributed by atoms with van der Waals surface area (Å²) in [7, 11) is 1.64. The third-order valence-electron chi connectivity index (χ3n) is 4.61. The van der Waals surface area contributed by atoms with Gasteiger partial charge in [-0.25, -0.2) is 0 Å². The van der Waals surface area contributed by atoms with E-state index in [-0.39, 0.29) is 6.04 Å². The Hall–Kier alpha value is -1.72. The van der Waals surface area contributed by atoms with Crippen LogP contribution >= 0.6 is 39.1 Å². The molecule has 0 spiro atoms. The molecule has 1 N–H and O–H groups in total. The van der Waals surface area contributed by atoms with Crippen molar-refractivity contribution in [3.63, 3.8) is 0 Å². The number of methoxy groups -OCH3 is 1. The van der Waals surface area contributed by atoms with Crippen molar-refractivity contribution in [3.05, 3.63) is 91.9 Å². The summed E-state index contributed by atoms with van der Waals surface area (Å²) in [5.74, 6) is 1.34. The normalized spacial score (nSPS) is 11.9. The molecule has 0 radical (unpaired) electrons. The molecule has 152 valence electrons. The number of nitrogens with one attached hydrogen (secondary N) is 1. The van der Waals surface area contributed by atoms with Crippen molar-refractivity contribution in [1.29, 1.82) is 0 Å². The zero-order valence-corrected chi connectivity index (χ0v) is 19.3. The summed E-state index contributed by atoms with van der Waals surface area (Å²) in [5.41, 5.74) is 3.27. The fourth-order valence-corrected chi connectivity index (χ4v) is 3.68. The van der Waals surface area contributed by atoms with Gasteiger partial charge in [0.25, 0.3) is 0 Å². The molecule has 0 aromatic heterocycles. The van der Waals surface area contributed by atoms with Crippen molar-refractivity contribution in [2.75, 3.05) is 7.11 Å². The second-order valence-electron chi connectivity index (χ2n) is 6.64. The highest BCUT2D eigenvalue weighted by molar-refractivity contribution is 9.10. The summed E-state index contributed by atoms with van der Waals surface area (Å²) >= 11 is 15.7. The lowest BCUT2D eigenvalue weighted by atomic mass is 10.1. The number of halogens is 3. The monoisotopic (exact) mass is 493 g/mol. The van der Waals surface area contributed by atoms with E-state index >= 15 is 0 Å². The van der Waals surface area contributed by atoms with Crippen LogP contribution in [0.5, 0.6) is 11.5 Å². The minimum atomic E-state index is 0.236. The van der Waals surface area contributed by atoms with E-state index in [0.29, 0.717) is 34.7 Å². The predicted octanol–water partition coefficient (Wildman–Crippen LogP) is 7.19. The summed E-state index contributed by atoms with van der Waals surface area (Å²) < 4.78 is 12.5. The Balaban J connectivity index is 1.69. The first-order valence-electron chi connectivity index (χ1n) is 9.19. The Morgan fingerprint density at radius 2 is 1.72 bits per heavy atom. The molecular weight excluding hydrogens is 473 g/mol. The molecule has 0 saturated heterocycles. The first kappa shape index (κ1) is 22.0. The average molecular weight is 495 g/mol. The number of rotatable bonds is 8. The van der Waals surface area contributed by atoms with Crippen LogP contribution < -0.4 is 14.8 Å². The van der Waals surface area contributed by atoms with Gasteiger partial charge in [-0.05, 0) is 47.9 Å². The van der Waals surface area contributed by atoms with Crippen molar-refractivity contribution in [2.24, 2.45) is 0 Å². The molecule has 3 aromatic carbocycles. The SMILES string of the molecule is COc1cc(CNC(C)c2ccccc2)c(Br)cc1OCc1ccc(Cl)c(Cl)c1. The largest absolute Gasteiger partial charge is 0.493 e. The number of ether oxygens (including phenoxy) is 2. The zero-order chi connectivity index (χ0) is 20.8. The van der Waals surface area contributed by atoms with E-state index in [1.807, 2.05) is 36.4 Å². The van der Waals surface area contributed by atoms with Gasteiger partial charge in [-0.3, -0.25) is 0 Å². The van der Waals surface area contributed by atoms with E-state index in [1.165, 1.54) is 5.56 Å². The van der Waals surface area contributed by atoms with Crippen LogP contribution in [0.15, 0.2) is 65.1 Å². The minimum Gasteiger partial charge on any atom is -0.493 e. The third kappa shape index (κ3) is 5.89. The number of hydrogen-bond acceptors (Lipinski definition) is 3. The summed E-state index contributed by atoms with van der Waals surface area (Å²) in [5, 5.41) is 4.58. The molecule has 29 heavy (non-hydrogen) atoms. The first-order chi connectivity index (χ1) is 14.0. The standard InChI is InChI=1S/C23H22BrCl2NO2/c1-15(17-6-4-3-5-7-17)27-13-18-11-22(28-2)23(12-19(18)24)29-14-16-8-9-20(25)21(26)10-16/h3-12,15,27H,13-14H2,1-2H3. The van der Waals surface area contributed by atoms with Gasteiger partial charge in [0, 0.05) is 17.1 Å². The van der Waals surface area contributed by atoms with E-state index in [1.54, 1.807) is 19.2 Å². The molecule has 0 fully saturated rings. The minimum absolute atomic E-state index is 0.236. The maximum Gasteiger partial charge on any atom is 0.162 e. The Kier molecular flexibility index (Phi) is 7.84. The highest BCUT2D eigenvalue weighted by atomic mass is 79.9. The van der Waals surface area contributed by atoms with Gasteiger partial charge in [-0.2, -0.15) is 0 Å². The predicted molar refractivity (Wildman–Crippen MR) is 123 cm³/mol. The molecule has 0 heterocycles. The van der Waals surface area contributed by atoms with Gasteiger partial charge < -0.3 is 14.8 Å². The van der Waals surface area contributed by atoms with Crippen LogP contribution in [0.4, 0.5) is 0 Å².